The zero-order chi connectivity index (χ0) is 19.3. The Balaban J connectivity index is 1.49. The van der Waals surface area contributed by atoms with Crippen molar-refractivity contribution < 1.29 is 9.21 Å². The van der Waals surface area contributed by atoms with Crippen LogP contribution in [0.5, 0.6) is 0 Å². The SMILES string of the molecule is Cc1nnc(C(CC(=O)Nc2ccc(-c3nccs3)cc2)c2ccccc2)o1. The van der Waals surface area contributed by atoms with E-state index < -0.39 is 0 Å². The molecule has 2 aromatic heterocycles. The largest absolute Gasteiger partial charge is 0.425 e. The molecule has 0 bridgehead atoms. The van der Waals surface area contributed by atoms with E-state index in [1.807, 2.05) is 60.0 Å². The van der Waals surface area contributed by atoms with E-state index >= 15 is 0 Å². The molecule has 2 heterocycles. The Hall–Kier alpha value is -3.32. The van der Waals surface area contributed by atoms with E-state index in [0.29, 0.717) is 11.8 Å². The molecule has 0 saturated carbocycles. The highest BCUT2D eigenvalue weighted by atomic mass is 32.1. The van der Waals surface area contributed by atoms with Gasteiger partial charge >= 0.3 is 0 Å². The number of amides is 1. The maximum absolute atomic E-state index is 12.7. The fourth-order valence-corrected chi connectivity index (χ4v) is 3.59. The first-order chi connectivity index (χ1) is 13.7. The van der Waals surface area contributed by atoms with Gasteiger partial charge in [-0.2, -0.15) is 0 Å². The number of nitrogens with one attached hydrogen (secondary N) is 1. The number of carbonyl (C=O) groups excluding carboxylic acids is 1. The van der Waals surface area contributed by atoms with Crippen LogP contribution in [0.15, 0.2) is 70.6 Å². The van der Waals surface area contributed by atoms with Gasteiger partial charge in [0.2, 0.25) is 17.7 Å². The number of nitrogens with zero attached hydrogens (tertiary/aromatic N) is 3. The number of thiazole rings is 1. The first-order valence-corrected chi connectivity index (χ1v) is 9.72. The molecule has 0 spiro atoms. The smallest absolute Gasteiger partial charge is 0.225 e. The maximum atomic E-state index is 12.7. The molecule has 0 aliphatic rings. The number of rotatable bonds is 6. The summed E-state index contributed by atoms with van der Waals surface area (Å²) >= 11 is 1.58. The van der Waals surface area contributed by atoms with Crippen molar-refractivity contribution >= 4 is 22.9 Å². The third kappa shape index (κ3) is 4.15. The van der Waals surface area contributed by atoms with Gasteiger partial charge in [0.1, 0.15) is 5.01 Å². The van der Waals surface area contributed by atoms with Crippen LogP contribution in [-0.2, 0) is 4.79 Å². The summed E-state index contributed by atoms with van der Waals surface area (Å²) in [6.45, 7) is 1.74. The molecule has 2 aromatic carbocycles. The van der Waals surface area contributed by atoms with Gasteiger partial charge in [0.15, 0.2) is 0 Å². The van der Waals surface area contributed by atoms with Crippen molar-refractivity contribution in [1.82, 2.24) is 15.2 Å². The highest BCUT2D eigenvalue weighted by molar-refractivity contribution is 7.13. The molecule has 140 valence electrons. The van der Waals surface area contributed by atoms with Crippen LogP contribution in [0.3, 0.4) is 0 Å². The molecule has 6 nitrogen and oxygen atoms in total. The Kier molecular flexibility index (Phi) is 5.25. The Morgan fingerprint density at radius 3 is 2.54 bits per heavy atom. The summed E-state index contributed by atoms with van der Waals surface area (Å²) in [5.41, 5.74) is 2.72. The summed E-state index contributed by atoms with van der Waals surface area (Å²) in [6, 6.07) is 17.4. The Labute approximate surface area is 166 Å². The second-order valence-electron chi connectivity index (χ2n) is 6.29. The summed E-state index contributed by atoms with van der Waals surface area (Å²) in [4.78, 5) is 17.0. The summed E-state index contributed by atoms with van der Waals surface area (Å²) in [5, 5.41) is 13.9. The average molecular weight is 390 g/mol. The van der Waals surface area contributed by atoms with Crippen LogP contribution in [-0.4, -0.2) is 21.1 Å². The minimum absolute atomic E-state index is 0.119. The molecule has 0 radical (unpaired) electrons. The van der Waals surface area contributed by atoms with E-state index in [9.17, 15) is 4.79 Å². The van der Waals surface area contributed by atoms with E-state index in [1.165, 1.54) is 0 Å². The number of hydrogen-bond acceptors (Lipinski definition) is 6. The fourth-order valence-electron chi connectivity index (χ4n) is 2.95. The van der Waals surface area contributed by atoms with Crippen molar-refractivity contribution in [1.29, 1.82) is 0 Å². The van der Waals surface area contributed by atoms with Crippen molar-refractivity contribution in [3.05, 3.63) is 83.5 Å². The van der Waals surface area contributed by atoms with Crippen molar-refractivity contribution in [2.24, 2.45) is 0 Å². The molecular formula is C21H18N4O2S. The summed E-state index contributed by atoms with van der Waals surface area (Å²) < 4.78 is 5.60. The average Bonchev–Trinajstić information content (AvgIpc) is 3.39. The molecule has 4 rings (SSSR count). The highest BCUT2D eigenvalue weighted by Crippen LogP contribution is 2.28. The van der Waals surface area contributed by atoms with E-state index in [-0.39, 0.29) is 18.2 Å². The van der Waals surface area contributed by atoms with Gasteiger partial charge in [0.25, 0.3) is 0 Å². The lowest BCUT2D eigenvalue weighted by Crippen LogP contribution is -2.16. The van der Waals surface area contributed by atoms with Crippen LogP contribution in [0.4, 0.5) is 5.69 Å². The zero-order valence-electron chi connectivity index (χ0n) is 15.2. The van der Waals surface area contributed by atoms with Crippen molar-refractivity contribution in [2.45, 2.75) is 19.3 Å². The third-order valence-corrected chi connectivity index (χ3v) is 5.10. The molecule has 7 heteroatoms. The number of hydrogen-bond donors (Lipinski definition) is 1. The van der Waals surface area contributed by atoms with Crippen LogP contribution in [0.1, 0.15) is 29.7 Å². The van der Waals surface area contributed by atoms with Gasteiger partial charge in [-0.3, -0.25) is 4.79 Å². The molecule has 0 saturated heterocycles. The second kappa shape index (κ2) is 8.14. The molecule has 0 aliphatic carbocycles. The third-order valence-electron chi connectivity index (χ3n) is 4.28. The fraction of sp³-hybridized carbons (Fsp3) is 0.143. The number of carbonyl (C=O) groups is 1. The molecule has 0 aliphatic heterocycles. The maximum Gasteiger partial charge on any atom is 0.225 e. The number of aromatic nitrogens is 3. The Morgan fingerprint density at radius 1 is 1.11 bits per heavy atom. The normalized spacial score (nSPS) is 11.9. The Bertz CT molecular complexity index is 1040. The van der Waals surface area contributed by atoms with Crippen LogP contribution in [0.2, 0.25) is 0 Å². The lowest BCUT2D eigenvalue weighted by molar-refractivity contribution is -0.116. The van der Waals surface area contributed by atoms with Gasteiger partial charge in [-0.25, -0.2) is 4.98 Å². The molecule has 28 heavy (non-hydrogen) atoms. The predicted molar refractivity (Wildman–Crippen MR) is 108 cm³/mol. The minimum atomic E-state index is -0.294. The van der Waals surface area contributed by atoms with Gasteiger partial charge in [0, 0.05) is 36.2 Å². The van der Waals surface area contributed by atoms with Gasteiger partial charge in [-0.05, 0) is 29.8 Å². The van der Waals surface area contributed by atoms with Crippen LogP contribution in [0.25, 0.3) is 10.6 Å². The van der Waals surface area contributed by atoms with Crippen LogP contribution in [0, 0.1) is 6.92 Å². The van der Waals surface area contributed by atoms with E-state index in [0.717, 1.165) is 21.8 Å². The summed E-state index contributed by atoms with van der Waals surface area (Å²) in [5.74, 6) is 0.510. The topological polar surface area (TPSA) is 80.9 Å². The lowest BCUT2D eigenvalue weighted by Gasteiger charge is -2.14. The first kappa shape index (κ1) is 18.1. The van der Waals surface area contributed by atoms with E-state index in [4.69, 9.17) is 4.42 Å². The van der Waals surface area contributed by atoms with E-state index in [1.54, 1.807) is 24.5 Å². The monoisotopic (exact) mass is 390 g/mol. The highest BCUT2D eigenvalue weighted by Gasteiger charge is 2.23. The van der Waals surface area contributed by atoms with Crippen LogP contribution >= 0.6 is 11.3 Å². The number of anilines is 1. The number of aryl methyl sites for hydroxylation is 1. The summed E-state index contributed by atoms with van der Waals surface area (Å²) in [6.07, 6.45) is 1.98. The molecule has 4 aromatic rings. The van der Waals surface area contributed by atoms with Crippen molar-refractivity contribution in [3.63, 3.8) is 0 Å². The second-order valence-corrected chi connectivity index (χ2v) is 7.18. The van der Waals surface area contributed by atoms with Gasteiger partial charge < -0.3 is 9.73 Å². The van der Waals surface area contributed by atoms with E-state index in [2.05, 4.69) is 20.5 Å². The molecule has 1 amide bonds. The molecular weight excluding hydrogens is 372 g/mol. The lowest BCUT2D eigenvalue weighted by atomic mass is 9.95. The first-order valence-electron chi connectivity index (χ1n) is 8.84. The van der Waals surface area contributed by atoms with Crippen LogP contribution < -0.4 is 5.32 Å². The van der Waals surface area contributed by atoms with Crippen molar-refractivity contribution in [2.75, 3.05) is 5.32 Å². The summed E-state index contributed by atoms with van der Waals surface area (Å²) in [7, 11) is 0. The minimum Gasteiger partial charge on any atom is -0.425 e. The van der Waals surface area contributed by atoms with Crippen molar-refractivity contribution in [3.8, 4) is 10.6 Å². The Morgan fingerprint density at radius 2 is 1.89 bits per heavy atom. The van der Waals surface area contributed by atoms with Gasteiger partial charge in [-0.15, -0.1) is 21.5 Å². The number of benzene rings is 2. The molecule has 1 atom stereocenters. The molecule has 1 N–H and O–H groups in total. The quantitative estimate of drug-likeness (QED) is 0.518. The zero-order valence-corrected chi connectivity index (χ0v) is 16.0. The van der Waals surface area contributed by atoms with Gasteiger partial charge in [0.05, 0.1) is 5.92 Å². The standard InChI is InChI=1S/C21H18N4O2S/c1-14-24-25-20(27-14)18(15-5-3-2-4-6-15)13-19(26)23-17-9-7-16(8-10-17)21-22-11-12-28-21/h2-12,18H,13H2,1H3,(H,23,26). The van der Waals surface area contributed by atoms with Gasteiger partial charge in [-0.1, -0.05) is 30.3 Å². The predicted octanol–water partition coefficient (Wildman–Crippen LogP) is 4.66. The molecule has 0 fully saturated rings. The molecule has 1 unspecified atom stereocenters.